The maximum atomic E-state index is 12.2. The maximum absolute atomic E-state index is 12.2. The molecule has 1 N–H and O–H groups in total. The molecule has 1 unspecified atom stereocenters. The van der Waals surface area contributed by atoms with Gasteiger partial charge in [-0.05, 0) is 12.6 Å². The van der Waals surface area contributed by atoms with Crippen LogP contribution >= 0.6 is 0 Å². The molecule has 1 fully saturated rings. The van der Waals surface area contributed by atoms with Gasteiger partial charge in [-0.3, -0.25) is 4.79 Å². The van der Waals surface area contributed by atoms with Crippen LogP contribution < -0.4 is 0 Å². The average molecular weight is 274 g/mol. The molecule has 20 heavy (non-hydrogen) atoms. The summed E-state index contributed by atoms with van der Waals surface area (Å²) in [5, 5.41) is 8.62. The first-order chi connectivity index (χ1) is 9.58. The highest BCUT2D eigenvalue weighted by Gasteiger charge is 2.28. The van der Waals surface area contributed by atoms with E-state index in [-0.39, 0.29) is 11.9 Å². The summed E-state index contributed by atoms with van der Waals surface area (Å²) in [6, 6.07) is 9.77. The second kappa shape index (κ2) is 6.34. The minimum atomic E-state index is -1.11. The number of aliphatic carboxylic acids is 1. The molecule has 0 radical (unpaired) electrons. The summed E-state index contributed by atoms with van der Waals surface area (Å²) in [7, 11) is 2.02. The summed E-state index contributed by atoms with van der Waals surface area (Å²) in [5.74, 6) is -1.36. The molecule has 0 aromatic heterocycles. The van der Waals surface area contributed by atoms with Crippen LogP contribution in [0.15, 0.2) is 42.5 Å². The Balaban J connectivity index is 2.20. The Labute approximate surface area is 118 Å². The van der Waals surface area contributed by atoms with Crippen molar-refractivity contribution >= 4 is 11.9 Å². The highest BCUT2D eigenvalue weighted by molar-refractivity contribution is 5.94. The van der Waals surface area contributed by atoms with Crippen molar-refractivity contribution < 1.29 is 14.7 Å². The van der Waals surface area contributed by atoms with Crippen molar-refractivity contribution in [3.05, 3.63) is 48.0 Å². The predicted octanol–water partition coefficient (Wildman–Crippen LogP) is 1.14. The van der Waals surface area contributed by atoms with Crippen LogP contribution in [-0.2, 0) is 9.59 Å². The number of carboxylic acids is 1. The molecule has 1 aromatic carbocycles. The Kier molecular flexibility index (Phi) is 4.53. The van der Waals surface area contributed by atoms with Crippen molar-refractivity contribution in [1.29, 1.82) is 0 Å². The summed E-state index contributed by atoms with van der Waals surface area (Å²) >= 11 is 0. The summed E-state index contributed by atoms with van der Waals surface area (Å²) in [6.07, 6.45) is 2.02. The number of amides is 1. The standard InChI is InChI=1S/C15H18N2O3/c1-16-9-10-17(14(18)7-8-15(19)20)13(11-16)12-5-3-2-4-6-12/h2-8,13H,9-11H2,1H3,(H,19,20)/b8-7+. The molecule has 106 valence electrons. The van der Waals surface area contributed by atoms with E-state index in [9.17, 15) is 9.59 Å². The minimum absolute atomic E-state index is 0.0408. The largest absolute Gasteiger partial charge is 0.478 e. The number of rotatable bonds is 3. The fraction of sp³-hybridized carbons (Fsp3) is 0.333. The molecule has 0 spiro atoms. The Hall–Kier alpha value is -2.14. The topological polar surface area (TPSA) is 60.9 Å². The quantitative estimate of drug-likeness (QED) is 0.840. The SMILES string of the molecule is CN1CCN(C(=O)/C=C/C(=O)O)C(c2ccccc2)C1. The zero-order valence-corrected chi connectivity index (χ0v) is 11.4. The van der Waals surface area contributed by atoms with Crippen LogP contribution in [0.4, 0.5) is 0 Å². The average Bonchev–Trinajstić information content (AvgIpc) is 2.45. The van der Waals surface area contributed by atoms with Crippen LogP contribution in [0, 0.1) is 0 Å². The van der Waals surface area contributed by atoms with E-state index in [1.807, 2.05) is 37.4 Å². The molecule has 0 saturated carbocycles. The van der Waals surface area contributed by atoms with Gasteiger partial charge in [-0.2, -0.15) is 0 Å². The Bertz CT molecular complexity index is 513. The normalized spacial score (nSPS) is 20.2. The third-order valence-corrected chi connectivity index (χ3v) is 3.42. The molecule has 1 aromatic rings. The number of carbonyl (C=O) groups excluding carboxylic acids is 1. The smallest absolute Gasteiger partial charge is 0.328 e. The van der Waals surface area contributed by atoms with Crippen molar-refractivity contribution in [2.45, 2.75) is 6.04 Å². The highest BCUT2D eigenvalue weighted by atomic mass is 16.4. The number of piperazine rings is 1. The molecule has 1 heterocycles. The van der Waals surface area contributed by atoms with Gasteiger partial charge in [-0.15, -0.1) is 0 Å². The van der Waals surface area contributed by atoms with Gasteiger partial charge >= 0.3 is 5.97 Å². The molecule has 2 rings (SSSR count). The molecule has 0 aliphatic carbocycles. The van der Waals surface area contributed by atoms with Crippen LogP contribution in [0.5, 0.6) is 0 Å². The number of hydrogen-bond acceptors (Lipinski definition) is 3. The van der Waals surface area contributed by atoms with Crippen LogP contribution in [0.25, 0.3) is 0 Å². The summed E-state index contributed by atoms with van der Waals surface area (Å²) in [6.45, 7) is 2.13. The van der Waals surface area contributed by atoms with E-state index in [4.69, 9.17) is 5.11 Å². The lowest BCUT2D eigenvalue weighted by atomic mass is 10.0. The first kappa shape index (κ1) is 14.3. The summed E-state index contributed by atoms with van der Waals surface area (Å²) in [4.78, 5) is 26.6. The molecule has 1 aliphatic rings. The Morgan fingerprint density at radius 2 is 1.90 bits per heavy atom. The number of likely N-dealkylation sites (N-methyl/N-ethyl adjacent to an activating group) is 1. The fourth-order valence-corrected chi connectivity index (χ4v) is 2.38. The molecule has 1 saturated heterocycles. The van der Waals surface area contributed by atoms with Crippen molar-refractivity contribution in [3.63, 3.8) is 0 Å². The zero-order chi connectivity index (χ0) is 14.5. The number of hydrogen-bond donors (Lipinski definition) is 1. The van der Waals surface area contributed by atoms with Gasteiger partial charge in [-0.25, -0.2) is 4.79 Å². The molecular weight excluding hydrogens is 256 g/mol. The summed E-state index contributed by atoms with van der Waals surface area (Å²) in [5.41, 5.74) is 1.07. The van der Waals surface area contributed by atoms with Crippen molar-refractivity contribution in [2.75, 3.05) is 26.7 Å². The molecule has 1 atom stereocenters. The van der Waals surface area contributed by atoms with Gasteiger partial charge in [0.05, 0.1) is 6.04 Å². The first-order valence-electron chi connectivity index (χ1n) is 6.53. The number of nitrogens with zero attached hydrogens (tertiary/aromatic N) is 2. The monoisotopic (exact) mass is 274 g/mol. The van der Waals surface area contributed by atoms with Gasteiger partial charge in [0, 0.05) is 31.8 Å². The molecule has 1 amide bonds. The number of carboxylic acid groups (broad SMARTS) is 1. The highest BCUT2D eigenvalue weighted by Crippen LogP contribution is 2.24. The van der Waals surface area contributed by atoms with Gasteiger partial charge in [-0.1, -0.05) is 30.3 Å². The third-order valence-electron chi connectivity index (χ3n) is 3.42. The van der Waals surface area contributed by atoms with Crippen LogP contribution in [0.2, 0.25) is 0 Å². The maximum Gasteiger partial charge on any atom is 0.328 e. The van der Waals surface area contributed by atoms with Gasteiger partial charge in [0.2, 0.25) is 5.91 Å². The van der Waals surface area contributed by atoms with Crippen LogP contribution in [0.1, 0.15) is 11.6 Å². The second-order valence-electron chi connectivity index (χ2n) is 4.89. The van der Waals surface area contributed by atoms with E-state index in [0.29, 0.717) is 6.54 Å². The van der Waals surface area contributed by atoms with E-state index in [1.165, 1.54) is 0 Å². The summed E-state index contributed by atoms with van der Waals surface area (Å²) < 4.78 is 0. The van der Waals surface area contributed by atoms with Crippen molar-refractivity contribution in [1.82, 2.24) is 9.80 Å². The Morgan fingerprint density at radius 1 is 1.20 bits per heavy atom. The predicted molar refractivity (Wildman–Crippen MR) is 75.2 cm³/mol. The number of carbonyl (C=O) groups is 2. The lowest BCUT2D eigenvalue weighted by molar-refractivity contribution is -0.133. The second-order valence-corrected chi connectivity index (χ2v) is 4.89. The molecule has 1 aliphatic heterocycles. The van der Waals surface area contributed by atoms with Gasteiger partial charge < -0.3 is 14.9 Å². The number of benzene rings is 1. The van der Waals surface area contributed by atoms with Gasteiger partial charge in [0.15, 0.2) is 0 Å². The van der Waals surface area contributed by atoms with E-state index in [0.717, 1.165) is 30.8 Å². The van der Waals surface area contributed by atoms with E-state index < -0.39 is 5.97 Å². The minimum Gasteiger partial charge on any atom is -0.478 e. The van der Waals surface area contributed by atoms with E-state index >= 15 is 0 Å². The zero-order valence-electron chi connectivity index (χ0n) is 11.4. The molecule has 5 nitrogen and oxygen atoms in total. The van der Waals surface area contributed by atoms with E-state index in [1.54, 1.807) is 4.90 Å². The third kappa shape index (κ3) is 3.45. The lowest BCUT2D eigenvalue weighted by Crippen LogP contribution is -2.48. The van der Waals surface area contributed by atoms with Crippen LogP contribution in [0.3, 0.4) is 0 Å². The molecular formula is C15H18N2O3. The van der Waals surface area contributed by atoms with Crippen molar-refractivity contribution in [3.8, 4) is 0 Å². The fourth-order valence-electron chi connectivity index (χ4n) is 2.38. The van der Waals surface area contributed by atoms with Gasteiger partial charge in [0.1, 0.15) is 0 Å². The first-order valence-corrected chi connectivity index (χ1v) is 6.53. The molecule has 0 bridgehead atoms. The lowest BCUT2D eigenvalue weighted by Gasteiger charge is -2.39. The van der Waals surface area contributed by atoms with Gasteiger partial charge in [0.25, 0.3) is 0 Å². The van der Waals surface area contributed by atoms with E-state index in [2.05, 4.69) is 4.90 Å². The van der Waals surface area contributed by atoms with Crippen molar-refractivity contribution in [2.24, 2.45) is 0 Å². The molecule has 5 heteroatoms. The Morgan fingerprint density at radius 3 is 2.55 bits per heavy atom. The van der Waals surface area contributed by atoms with Crippen LogP contribution in [-0.4, -0.2) is 53.5 Å².